The van der Waals surface area contributed by atoms with Crippen molar-refractivity contribution < 1.29 is 17.3 Å². The normalized spacial score (nSPS) is 11.6. The lowest BCUT2D eigenvalue weighted by Crippen LogP contribution is -2.26. The highest BCUT2D eigenvalue weighted by Gasteiger charge is 2.29. The molecule has 0 radical (unpaired) electrons. The minimum atomic E-state index is -3.97. The average molecular weight is 444 g/mol. The molecule has 4 aromatic rings. The highest BCUT2D eigenvalue weighted by Crippen LogP contribution is 2.35. The number of nitrogens with zero attached hydrogens (tertiary/aromatic N) is 3. The largest absolute Gasteiger partial charge is 0.333 e. The van der Waals surface area contributed by atoms with Crippen LogP contribution in [0.4, 0.5) is 10.1 Å². The summed E-state index contributed by atoms with van der Waals surface area (Å²) in [6.45, 7) is 3.59. The first kappa shape index (κ1) is 20.2. The van der Waals surface area contributed by atoms with Crippen molar-refractivity contribution >= 4 is 27.0 Å². The summed E-state index contributed by atoms with van der Waals surface area (Å²) < 4.78 is 46.8. The van der Waals surface area contributed by atoms with Gasteiger partial charge in [0.05, 0.1) is 5.69 Å². The Kier molecular flexibility index (Phi) is 5.17. The van der Waals surface area contributed by atoms with Crippen LogP contribution in [-0.4, -0.2) is 25.6 Å². The molecule has 0 bridgehead atoms. The Hall–Kier alpha value is -3.04. The van der Waals surface area contributed by atoms with Gasteiger partial charge in [-0.1, -0.05) is 41.1 Å². The molecule has 0 N–H and O–H groups in total. The summed E-state index contributed by atoms with van der Waals surface area (Å²) >= 11 is 1.18. The van der Waals surface area contributed by atoms with Gasteiger partial charge in [0.25, 0.3) is 15.9 Å². The monoisotopic (exact) mass is 443 g/mol. The molecule has 0 saturated heterocycles. The molecular formula is C21H18FN3O3S2. The van der Waals surface area contributed by atoms with E-state index in [1.165, 1.54) is 36.6 Å². The summed E-state index contributed by atoms with van der Waals surface area (Å²) in [6.07, 6.45) is 0. The van der Waals surface area contributed by atoms with Crippen LogP contribution < -0.4 is 4.31 Å². The average Bonchev–Trinajstić information content (AvgIpc) is 3.39. The number of halogens is 1. The van der Waals surface area contributed by atoms with Crippen molar-refractivity contribution in [2.45, 2.75) is 18.7 Å². The fourth-order valence-corrected chi connectivity index (χ4v) is 5.36. The van der Waals surface area contributed by atoms with Crippen molar-refractivity contribution in [1.29, 1.82) is 0 Å². The fourth-order valence-electron chi connectivity index (χ4n) is 2.86. The minimum Gasteiger partial charge on any atom is -0.333 e. The van der Waals surface area contributed by atoms with E-state index in [9.17, 15) is 12.8 Å². The second-order valence-electron chi connectivity index (χ2n) is 6.81. The summed E-state index contributed by atoms with van der Waals surface area (Å²) in [4.78, 5) is 4.73. The third kappa shape index (κ3) is 3.61. The standard InChI is InChI=1S/C21H18FN3O3S2/c1-13-4-7-15(8-5-13)20-23-21(28-24-20)19-18(10-11-29-19)30(26,27)25(3)16-9-6-14(2)17(22)12-16/h4-12H,1-3H3. The first-order chi connectivity index (χ1) is 14.3. The maximum atomic E-state index is 14.0. The Labute approximate surface area is 177 Å². The fraction of sp³-hybridized carbons (Fsp3) is 0.143. The van der Waals surface area contributed by atoms with Crippen LogP contribution in [0.25, 0.3) is 22.2 Å². The number of anilines is 1. The molecule has 0 fully saturated rings. The number of thiophene rings is 1. The second-order valence-corrected chi connectivity index (χ2v) is 9.66. The van der Waals surface area contributed by atoms with E-state index in [-0.39, 0.29) is 16.5 Å². The molecular weight excluding hydrogens is 425 g/mol. The third-order valence-electron chi connectivity index (χ3n) is 4.72. The quantitative estimate of drug-likeness (QED) is 0.432. The van der Waals surface area contributed by atoms with Crippen LogP contribution >= 0.6 is 11.3 Å². The van der Waals surface area contributed by atoms with Gasteiger partial charge in [-0.2, -0.15) is 4.98 Å². The molecule has 6 nitrogen and oxygen atoms in total. The lowest BCUT2D eigenvalue weighted by molar-refractivity contribution is 0.432. The van der Waals surface area contributed by atoms with Crippen LogP contribution in [0, 0.1) is 19.7 Å². The van der Waals surface area contributed by atoms with Gasteiger partial charge in [0, 0.05) is 12.6 Å². The van der Waals surface area contributed by atoms with Gasteiger partial charge in [0.2, 0.25) is 5.82 Å². The molecule has 0 spiro atoms. The molecule has 0 aliphatic heterocycles. The van der Waals surface area contributed by atoms with Gasteiger partial charge in [-0.15, -0.1) is 11.3 Å². The predicted octanol–water partition coefficient (Wildman–Crippen LogP) is 5.05. The molecule has 0 unspecified atom stereocenters. The number of hydrogen-bond acceptors (Lipinski definition) is 6. The summed E-state index contributed by atoms with van der Waals surface area (Å²) in [5.41, 5.74) is 2.53. The van der Waals surface area contributed by atoms with Crippen molar-refractivity contribution in [3.63, 3.8) is 0 Å². The van der Waals surface area contributed by atoms with E-state index < -0.39 is 15.8 Å². The Bertz CT molecular complexity index is 1310. The second kappa shape index (κ2) is 7.66. The number of aryl methyl sites for hydroxylation is 2. The van der Waals surface area contributed by atoms with E-state index >= 15 is 0 Å². The van der Waals surface area contributed by atoms with E-state index in [1.54, 1.807) is 18.4 Å². The molecule has 0 aliphatic carbocycles. The minimum absolute atomic E-state index is 0.0232. The summed E-state index contributed by atoms with van der Waals surface area (Å²) in [6, 6.07) is 13.4. The van der Waals surface area contributed by atoms with Gasteiger partial charge in [0.1, 0.15) is 15.6 Å². The molecule has 0 amide bonds. The molecule has 0 aliphatic rings. The molecule has 4 rings (SSSR count). The highest BCUT2D eigenvalue weighted by molar-refractivity contribution is 7.93. The number of benzene rings is 2. The molecule has 154 valence electrons. The van der Waals surface area contributed by atoms with E-state index in [4.69, 9.17) is 4.52 Å². The van der Waals surface area contributed by atoms with Crippen LogP contribution in [0.3, 0.4) is 0 Å². The van der Waals surface area contributed by atoms with Crippen molar-refractivity contribution in [2.24, 2.45) is 0 Å². The molecule has 30 heavy (non-hydrogen) atoms. The topological polar surface area (TPSA) is 76.3 Å². The van der Waals surface area contributed by atoms with Gasteiger partial charge in [-0.3, -0.25) is 4.31 Å². The lowest BCUT2D eigenvalue weighted by Gasteiger charge is -2.19. The van der Waals surface area contributed by atoms with Gasteiger partial charge < -0.3 is 4.52 Å². The molecule has 2 aromatic heterocycles. The van der Waals surface area contributed by atoms with E-state index in [0.717, 1.165) is 15.4 Å². The zero-order valence-electron chi connectivity index (χ0n) is 16.5. The van der Waals surface area contributed by atoms with Crippen molar-refractivity contribution in [3.8, 4) is 22.2 Å². The molecule has 2 heterocycles. The summed E-state index contributed by atoms with van der Waals surface area (Å²) in [7, 11) is -2.59. The third-order valence-corrected chi connectivity index (χ3v) is 7.58. The van der Waals surface area contributed by atoms with Gasteiger partial charge in [-0.25, -0.2) is 12.8 Å². The van der Waals surface area contributed by atoms with E-state index in [1.807, 2.05) is 31.2 Å². The number of hydrogen-bond donors (Lipinski definition) is 0. The van der Waals surface area contributed by atoms with Crippen molar-refractivity contribution in [2.75, 3.05) is 11.4 Å². The first-order valence-corrected chi connectivity index (χ1v) is 11.3. The smallest absolute Gasteiger partial charge is 0.269 e. The number of aromatic nitrogens is 2. The Morgan fingerprint density at radius 1 is 1.07 bits per heavy atom. The number of sulfonamides is 1. The van der Waals surface area contributed by atoms with E-state index in [0.29, 0.717) is 16.3 Å². The van der Waals surface area contributed by atoms with Gasteiger partial charge >= 0.3 is 0 Å². The van der Waals surface area contributed by atoms with Crippen LogP contribution in [0.5, 0.6) is 0 Å². The summed E-state index contributed by atoms with van der Waals surface area (Å²) in [5.74, 6) is 0.0121. The Balaban J connectivity index is 1.70. The van der Waals surface area contributed by atoms with Gasteiger partial charge in [-0.05, 0) is 43.0 Å². The van der Waals surface area contributed by atoms with Crippen molar-refractivity contribution in [3.05, 3.63) is 70.9 Å². The zero-order chi connectivity index (χ0) is 21.5. The summed E-state index contributed by atoms with van der Waals surface area (Å²) in [5, 5.41) is 5.62. The maximum absolute atomic E-state index is 14.0. The van der Waals surface area contributed by atoms with Gasteiger partial charge in [0.15, 0.2) is 0 Å². The van der Waals surface area contributed by atoms with Crippen molar-refractivity contribution in [1.82, 2.24) is 10.1 Å². The molecule has 0 atom stereocenters. The Morgan fingerprint density at radius 2 is 1.80 bits per heavy atom. The van der Waals surface area contributed by atoms with Crippen LogP contribution in [0.1, 0.15) is 11.1 Å². The maximum Gasteiger partial charge on any atom is 0.269 e. The van der Waals surface area contributed by atoms with Crippen LogP contribution in [0.2, 0.25) is 0 Å². The molecule has 9 heteroatoms. The number of rotatable bonds is 5. The zero-order valence-corrected chi connectivity index (χ0v) is 18.1. The highest BCUT2D eigenvalue weighted by atomic mass is 32.2. The lowest BCUT2D eigenvalue weighted by atomic mass is 10.1. The molecule has 2 aromatic carbocycles. The van der Waals surface area contributed by atoms with E-state index in [2.05, 4.69) is 10.1 Å². The molecule has 0 saturated carbocycles. The Morgan fingerprint density at radius 3 is 2.50 bits per heavy atom. The first-order valence-electron chi connectivity index (χ1n) is 9.01. The SMILES string of the molecule is Cc1ccc(-c2noc(-c3sccc3S(=O)(=O)N(C)c3ccc(C)c(F)c3)n2)cc1. The van der Waals surface area contributed by atoms with Crippen LogP contribution in [-0.2, 0) is 10.0 Å². The van der Waals surface area contributed by atoms with Crippen LogP contribution in [0.15, 0.2) is 63.3 Å². The predicted molar refractivity (Wildman–Crippen MR) is 115 cm³/mol.